The van der Waals surface area contributed by atoms with E-state index in [0.717, 1.165) is 38.2 Å². The van der Waals surface area contributed by atoms with Crippen LogP contribution in [0.4, 0.5) is 4.79 Å². The largest absolute Gasteiger partial charge is 0.493 e. The fourth-order valence-electron chi connectivity index (χ4n) is 2.77. The van der Waals surface area contributed by atoms with Gasteiger partial charge in [0.15, 0.2) is 0 Å². The number of nitrogens with one attached hydrogen (secondary N) is 1. The summed E-state index contributed by atoms with van der Waals surface area (Å²) >= 11 is 0. The van der Waals surface area contributed by atoms with Gasteiger partial charge in [-0.2, -0.15) is 0 Å². The third-order valence-corrected chi connectivity index (χ3v) is 4.03. The molecule has 0 spiro atoms. The average molecular weight is 334 g/mol. The van der Waals surface area contributed by atoms with Crippen molar-refractivity contribution in [2.45, 2.75) is 45.8 Å². The number of likely N-dealkylation sites (tertiary alicyclic amines) is 1. The number of hydrogen-bond donors (Lipinski definition) is 1. The quantitative estimate of drug-likeness (QED) is 0.896. The maximum Gasteiger partial charge on any atom is 0.410 e. The number of benzene rings is 1. The molecule has 2 rings (SSSR count). The SMILES string of the molecule is CNCc1cccc(OCC2CCN(C(=O)OC(C)(C)C)CC2)c1. The van der Waals surface area contributed by atoms with Gasteiger partial charge in [-0.05, 0) is 64.3 Å². The number of carbonyl (C=O) groups excluding carboxylic acids is 1. The monoisotopic (exact) mass is 334 g/mol. The predicted octanol–water partition coefficient (Wildman–Crippen LogP) is 3.43. The van der Waals surface area contributed by atoms with E-state index in [9.17, 15) is 4.79 Å². The van der Waals surface area contributed by atoms with Gasteiger partial charge in [0.25, 0.3) is 0 Å². The van der Waals surface area contributed by atoms with E-state index in [4.69, 9.17) is 9.47 Å². The molecule has 0 saturated carbocycles. The van der Waals surface area contributed by atoms with Crippen molar-refractivity contribution in [3.8, 4) is 5.75 Å². The zero-order valence-electron chi connectivity index (χ0n) is 15.3. The van der Waals surface area contributed by atoms with E-state index in [1.807, 2.05) is 40.0 Å². The van der Waals surface area contributed by atoms with Gasteiger partial charge in [0.2, 0.25) is 0 Å². The average Bonchev–Trinajstić information content (AvgIpc) is 2.52. The lowest BCUT2D eigenvalue weighted by molar-refractivity contribution is 0.0165. The number of piperidine rings is 1. The fourth-order valence-corrected chi connectivity index (χ4v) is 2.77. The summed E-state index contributed by atoms with van der Waals surface area (Å²) in [6, 6.07) is 8.18. The molecule has 1 N–H and O–H groups in total. The number of nitrogens with zero attached hydrogens (tertiary/aromatic N) is 1. The second-order valence-electron chi connectivity index (χ2n) is 7.40. The van der Waals surface area contributed by atoms with E-state index in [1.165, 1.54) is 5.56 Å². The summed E-state index contributed by atoms with van der Waals surface area (Å²) in [4.78, 5) is 13.9. The molecule has 1 aromatic rings. The van der Waals surface area contributed by atoms with Crippen molar-refractivity contribution in [1.29, 1.82) is 0 Å². The summed E-state index contributed by atoms with van der Waals surface area (Å²) in [7, 11) is 1.94. The van der Waals surface area contributed by atoms with E-state index in [1.54, 1.807) is 4.90 Å². The van der Waals surface area contributed by atoms with Crippen LogP contribution in [0.5, 0.6) is 5.75 Å². The standard InChI is InChI=1S/C19H30N2O3/c1-19(2,3)24-18(22)21-10-8-15(9-11-21)14-23-17-7-5-6-16(12-17)13-20-4/h5-7,12,15,20H,8-11,13-14H2,1-4H3. The zero-order chi connectivity index (χ0) is 17.6. The molecule has 0 bridgehead atoms. The van der Waals surface area contributed by atoms with Gasteiger partial charge in [0, 0.05) is 19.6 Å². The van der Waals surface area contributed by atoms with Crippen molar-refractivity contribution in [2.24, 2.45) is 5.92 Å². The van der Waals surface area contributed by atoms with Crippen LogP contribution in [0.2, 0.25) is 0 Å². The Kier molecular flexibility index (Phi) is 6.49. The van der Waals surface area contributed by atoms with Crippen LogP contribution in [0.1, 0.15) is 39.2 Å². The minimum atomic E-state index is -0.435. The molecule has 1 heterocycles. The van der Waals surface area contributed by atoms with Crippen molar-refractivity contribution in [1.82, 2.24) is 10.2 Å². The Morgan fingerprint density at radius 2 is 2.00 bits per heavy atom. The summed E-state index contributed by atoms with van der Waals surface area (Å²) in [5.41, 5.74) is 0.782. The van der Waals surface area contributed by atoms with E-state index in [0.29, 0.717) is 12.5 Å². The molecule has 1 aromatic carbocycles. The lowest BCUT2D eigenvalue weighted by atomic mass is 9.98. The zero-order valence-corrected chi connectivity index (χ0v) is 15.3. The number of hydrogen-bond acceptors (Lipinski definition) is 4. The molecule has 1 amide bonds. The molecule has 0 aromatic heterocycles. The highest BCUT2D eigenvalue weighted by Gasteiger charge is 2.27. The molecule has 0 radical (unpaired) electrons. The van der Waals surface area contributed by atoms with E-state index < -0.39 is 5.60 Å². The van der Waals surface area contributed by atoms with Gasteiger partial charge in [-0.1, -0.05) is 12.1 Å². The molecule has 1 fully saturated rings. The Labute approximate surface area is 145 Å². The van der Waals surface area contributed by atoms with Crippen LogP contribution in [0.15, 0.2) is 24.3 Å². The smallest absolute Gasteiger partial charge is 0.410 e. The first-order chi connectivity index (χ1) is 11.4. The molecule has 1 aliphatic heterocycles. The second kappa shape index (κ2) is 8.38. The lowest BCUT2D eigenvalue weighted by Crippen LogP contribution is -2.42. The number of rotatable bonds is 5. The topological polar surface area (TPSA) is 50.8 Å². The third kappa shape index (κ3) is 6.04. The van der Waals surface area contributed by atoms with Gasteiger partial charge < -0.3 is 19.7 Å². The van der Waals surface area contributed by atoms with Crippen LogP contribution >= 0.6 is 0 Å². The molecule has 5 nitrogen and oxygen atoms in total. The van der Waals surface area contributed by atoms with Crippen LogP contribution in [0, 0.1) is 5.92 Å². The Morgan fingerprint density at radius 1 is 1.29 bits per heavy atom. The Morgan fingerprint density at radius 3 is 2.62 bits per heavy atom. The minimum absolute atomic E-state index is 0.207. The van der Waals surface area contributed by atoms with Crippen LogP contribution in [-0.4, -0.2) is 43.3 Å². The summed E-state index contributed by atoms with van der Waals surface area (Å²) in [5.74, 6) is 1.40. The molecule has 5 heteroatoms. The molecular formula is C19H30N2O3. The van der Waals surface area contributed by atoms with Gasteiger partial charge in [-0.15, -0.1) is 0 Å². The maximum atomic E-state index is 12.1. The molecule has 1 saturated heterocycles. The fraction of sp³-hybridized carbons (Fsp3) is 0.632. The van der Waals surface area contributed by atoms with Gasteiger partial charge in [0.05, 0.1) is 6.61 Å². The molecule has 0 atom stereocenters. The Balaban J connectivity index is 1.75. The first-order valence-corrected chi connectivity index (χ1v) is 8.71. The van der Waals surface area contributed by atoms with Crippen LogP contribution in [0.25, 0.3) is 0 Å². The minimum Gasteiger partial charge on any atom is -0.493 e. The number of carbonyl (C=O) groups is 1. The maximum absolute atomic E-state index is 12.1. The number of ether oxygens (including phenoxy) is 2. The molecule has 24 heavy (non-hydrogen) atoms. The van der Waals surface area contributed by atoms with Crippen molar-refractivity contribution >= 4 is 6.09 Å². The Bertz CT molecular complexity index is 532. The summed E-state index contributed by atoms with van der Waals surface area (Å²) in [6.45, 7) is 8.71. The van der Waals surface area contributed by atoms with Gasteiger partial charge in [-0.25, -0.2) is 4.79 Å². The highest BCUT2D eigenvalue weighted by Crippen LogP contribution is 2.21. The normalized spacial score (nSPS) is 16.1. The highest BCUT2D eigenvalue weighted by molar-refractivity contribution is 5.68. The van der Waals surface area contributed by atoms with Crippen molar-refractivity contribution < 1.29 is 14.3 Å². The first-order valence-electron chi connectivity index (χ1n) is 8.71. The summed E-state index contributed by atoms with van der Waals surface area (Å²) in [5, 5.41) is 3.14. The summed E-state index contributed by atoms with van der Waals surface area (Å²) in [6.07, 6.45) is 1.70. The van der Waals surface area contributed by atoms with Crippen LogP contribution < -0.4 is 10.1 Å². The number of amides is 1. The van der Waals surface area contributed by atoms with E-state index in [-0.39, 0.29) is 6.09 Å². The molecule has 0 aliphatic carbocycles. The first kappa shape index (κ1) is 18.6. The van der Waals surface area contributed by atoms with Crippen molar-refractivity contribution in [2.75, 3.05) is 26.7 Å². The highest BCUT2D eigenvalue weighted by atomic mass is 16.6. The molecule has 0 unspecified atom stereocenters. The van der Waals surface area contributed by atoms with Crippen molar-refractivity contribution in [3.05, 3.63) is 29.8 Å². The molecule has 1 aliphatic rings. The second-order valence-corrected chi connectivity index (χ2v) is 7.40. The lowest BCUT2D eigenvalue weighted by Gasteiger charge is -2.33. The van der Waals surface area contributed by atoms with Crippen LogP contribution in [-0.2, 0) is 11.3 Å². The van der Waals surface area contributed by atoms with E-state index in [2.05, 4.69) is 17.4 Å². The van der Waals surface area contributed by atoms with Crippen molar-refractivity contribution in [3.63, 3.8) is 0 Å². The molecular weight excluding hydrogens is 304 g/mol. The van der Waals surface area contributed by atoms with Gasteiger partial charge in [-0.3, -0.25) is 0 Å². The third-order valence-electron chi connectivity index (χ3n) is 4.03. The Hall–Kier alpha value is -1.75. The molecule has 134 valence electrons. The summed E-state index contributed by atoms with van der Waals surface area (Å²) < 4.78 is 11.4. The van der Waals surface area contributed by atoms with Gasteiger partial charge >= 0.3 is 6.09 Å². The van der Waals surface area contributed by atoms with Crippen LogP contribution in [0.3, 0.4) is 0 Å². The van der Waals surface area contributed by atoms with Gasteiger partial charge in [0.1, 0.15) is 11.4 Å². The van der Waals surface area contributed by atoms with E-state index >= 15 is 0 Å². The predicted molar refractivity (Wildman–Crippen MR) is 95.2 cm³/mol.